The summed E-state index contributed by atoms with van der Waals surface area (Å²) in [4.78, 5) is 2.00. The molecule has 0 aliphatic carbocycles. The minimum absolute atomic E-state index is 0.0284. The topological polar surface area (TPSA) is 29.3 Å². The molecule has 0 aliphatic heterocycles. The second kappa shape index (κ2) is 5.45. The molecule has 0 heterocycles. The third-order valence-electron chi connectivity index (χ3n) is 2.09. The Kier molecular flexibility index (Phi) is 4.51. The zero-order chi connectivity index (χ0) is 11.4. The largest absolute Gasteiger partial charge is 0.326 e. The van der Waals surface area contributed by atoms with Gasteiger partial charge in [0.25, 0.3) is 0 Å². The first-order chi connectivity index (χ1) is 6.99. The molecule has 1 atom stereocenters. The second-order valence-corrected chi connectivity index (χ2v) is 4.37. The maximum absolute atomic E-state index is 13.0. The highest BCUT2D eigenvalue weighted by Gasteiger charge is 2.09. The summed E-state index contributed by atoms with van der Waals surface area (Å²) in [7, 11) is 3.90. The van der Waals surface area contributed by atoms with Gasteiger partial charge in [0, 0.05) is 17.6 Å². The average Bonchev–Trinajstić information content (AvgIpc) is 2.10. The first kappa shape index (κ1) is 12.4. The van der Waals surface area contributed by atoms with Crippen molar-refractivity contribution in [2.45, 2.75) is 12.5 Å². The lowest BCUT2D eigenvalue weighted by Crippen LogP contribution is -2.34. The zero-order valence-electron chi connectivity index (χ0n) is 9.00. The lowest BCUT2D eigenvalue weighted by molar-refractivity contribution is 0.371. The molecule has 0 radical (unpaired) electrons. The maximum atomic E-state index is 13.0. The Labute approximate surface area is 94.8 Å². The fraction of sp³-hybridized carbons (Fsp3) is 0.455. The molecule has 0 aromatic heterocycles. The number of halogens is 2. The molecule has 1 aromatic carbocycles. The first-order valence-corrected chi connectivity index (χ1v) is 5.21. The number of nitrogens with two attached hydrogens (primary N) is 1. The molecular formula is C11H16ClFN2. The van der Waals surface area contributed by atoms with Crippen molar-refractivity contribution in [3.8, 4) is 0 Å². The van der Waals surface area contributed by atoms with Crippen molar-refractivity contribution in [3.05, 3.63) is 34.6 Å². The predicted octanol–water partition coefficient (Wildman–Crippen LogP) is 1.91. The van der Waals surface area contributed by atoms with Gasteiger partial charge in [-0.25, -0.2) is 4.39 Å². The summed E-state index contributed by atoms with van der Waals surface area (Å²) in [5, 5.41) is 0.575. The molecule has 0 amide bonds. The van der Waals surface area contributed by atoms with Crippen molar-refractivity contribution in [2.75, 3.05) is 20.6 Å². The van der Waals surface area contributed by atoms with Gasteiger partial charge in [-0.1, -0.05) is 11.6 Å². The molecule has 0 saturated heterocycles. The normalized spacial score (nSPS) is 13.2. The molecular weight excluding hydrogens is 215 g/mol. The highest BCUT2D eigenvalue weighted by Crippen LogP contribution is 2.18. The van der Waals surface area contributed by atoms with Gasteiger partial charge in [-0.15, -0.1) is 0 Å². The Balaban J connectivity index is 2.67. The van der Waals surface area contributed by atoms with Crippen molar-refractivity contribution in [1.29, 1.82) is 0 Å². The quantitative estimate of drug-likeness (QED) is 0.856. The van der Waals surface area contributed by atoms with E-state index in [9.17, 15) is 4.39 Å². The zero-order valence-corrected chi connectivity index (χ0v) is 9.76. The van der Waals surface area contributed by atoms with Crippen LogP contribution in [0.15, 0.2) is 18.2 Å². The highest BCUT2D eigenvalue weighted by atomic mass is 35.5. The Hall–Kier alpha value is -0.640. The Bertz CT molecular complexity index is 328. The fourth-order valence-electron chi connectivity index (χ4n) is 1.52. The van der Waals surface area contributed by atoms with Crippen LogP contribution in [0.3, 0.4) is 0 Å². The van der Waals surface area contributed by atoms with Crippen LogP contribution in [0.1, 0.15) is 5.56 Å². The summed E-state index contributed by atoms with van der Waals surface area (Å²) < 4.78 is 13.0. The molecule has 1 aromatic rings. The van der Waals surface area contributed by atoms with Crippen LogP contribution in [-0.2, 0) is 6.42 Å². The van der Waals surface area contributed by atoms with Crippen LogP contribution in [0.25, 0.3) is 0 Å². The lowest BCUT2D eigenvalue weighted by atomic mass is 10.1. The molecule has 1 unspecified atom stereocenters. The Morgan fingerprint density at radius 3 is 2.73 bits per heavy atom. The Morgan fingerprint density at radius 1 is 1.47 bits per heavy atom. The molecule has 84 valence electrons. The van der Waals surface area contributed by atoms with Crippen LogP contribution < -0.4 is 5.73 Å². The smallest absolute Gasteiger partial charge is 0.123 e. The van der Waals surface area contributed by atoms with Crippen molar-refractivity contribution in [3.63, 3.8) is 0 Å². The number of nitrogens with zero attached hydrogens (tertiary/aromatic N) is 1. The molecule has 2 N–H and O–H groups in total. The maximum Gasteiger partial charge on any atom is 0.123 e. The van der Waals surface area contributed by atoms with Gasteiger partial charge in [0.15, 0.2) is 0 Å². The van der Waals surface area contributed by atoms with Gasteiger partial charge in [-0.2, -0.15) is 0 Å². The number of hydrogen-bond donors (Lipinski definition) is 1. The van der Waals surface area contributed by atoms with Gasteiger partial charge in [-0.05, 0) is 44.3 Å². The summed E-state index contributed by atoms with van der Waals surface area (Å²) in [6.45, 7) is 0.757. The lowest BCUT2D eigenvalue weighted by Gasteiger charge is -2.17. The van der Waals surface area contributed by atoms with E-state index in [1.165, 1.54) is 12.1 Å². The van der Waals surface area contributed by atoms with E-state index in [2.05, 4.69) is 0 Å². The summed E-state index contributed by atoms with van der Waals surface area (Å²) >= 11 is 5.94. The SMILES string of the molecule is CN(C)CC(N)Cc1cc(F)ccc1Cl. The van der Waals surface area contributed by atoms with Crippen molar-refractivity contribution in [2.24, 2.45) is 5.73 Å². The van der Waals surface area contributed by atoms with Gasteiger partial charge in [0.2, 0.25) is 0 Å². The molecule has 0 fully saturated rings. The summed E-state index contributed by atoms with van der Waals surface area (Å²) in [6, 6.07) is 4.33. The minimum atomic E-state index is -0.272. The van der Waals surface area contributed by atoms with Crippen molar-refractivity contribution in [1.82, 2.24) is 4.90 Å². The van der Waals surface area contributed by atoms with Crippen LogP contribution in [0.4, 0.5) is 4.39 Å². The van der Waals surface area contributed by atoms with E-state index in [1.807, 2.05) is 19.0 Å². The highest BCUT2D eigenvalue weighted by molar-refractivity contribution is 6.31. The van der Waals surface area contributed by atoms with E-state index >= 15 is 0 Å². The molecule has 0 aliphatic rings. The van der Waals surface area contributed by atoms with E-state index in [4.69, 9.17) is 17.3 Å². The van der Waals surface area contributed by atoms with Crippen LogP contribution in [-0.4, -0.2) is 31.6 Å². The van der Waals surface area contributed by atoms with Gasteiger partial charge in [0.05, 0.1) is 0 Å². The van der Waals surface area contributed by atoms with Crippen LogP contribution >= 0.6 is 11.6 Å². The van der Waals surface area contributed by atoms with Gasteiger partial charge in [0.1, 0.15) is 5.82 Å². The molecule has 0 saturated carbocycles. The number of rotatable bonds is 4. The molecule has 2 nitrogen and oxygen atoms in total. The van der Waals surface area contributed by atoms with Crippen LogP contribution in [0, 0.1) is 5.82 Å². The summed E-state index contributed by atoms with van der Waals surface area (Å²) in [5.74, 6) is -0.272. The predicted molar refractivity (Wildman–Crippen MR) is 61.6 cm³/mol. The van der Waals surface area contributed by atoms with Crippen LogP contribution in [0.2, 0.25) is 5.02 Å². The summed E-state index contributed by atoms with van der Waals surface area (Å²) in [5.41, 5.74) is 6.67. The molecule has 0 bridgehead atoms. The van der Waals surface area contributed by atoms with Gasteiger partial charge in [-0.3, -0.25) is 0 Å². The van der Waals surface area contributed by atoms with Crippen LogP contribution in [0.5, 0.6) is 0 Å². The van der Waals surface area contributed by atoms with Gasteiger partial charge >= 0.3 is 0 Å². The van der Waals surface area contributed by atoms with Gasteiger partial charge < -0.3 is 10.6 Å². The third-order valence-corrected chi connectivity index (χ3v) is 2.46. The number of benzene rings is 1. The Morgan fingerprint density at radius 2 is 2.13 bits per heavy atom. The van der Waals surface area contributed by atoms with E-state index < -0.39 is 0 Å². The molecule has 15 heavy (non-hydrogen) atoms. The van der Waals surface area contributed by atoms with E-state index in [0.29, 0.717) is 11.4 Å². The standard InChI is InChI=1S/C11H16ClFN2/c1-15(2)7-10(14)6-8-5-9(13)3-4-11(8)12/h3-5,10H,6-7,14H2,1-2H3. The molecule has 0 spiro atoms. The third kappa shape index (κ3) is 4.16. The first-order valence-electron chi connectivity index (χ1n) is 4.83. The molecule has 1 rings (SSSR count). The van der Waals surface area contributed by atoms with E-state index in [0.717, 1.165) is 12.1 Å². The monoisotopic (exact) mass is 230 g/mol. The second-order valence-electron chi connectivity index (χ2n) is 3.96. The number of likely N-dealkylation sites (N-methyl/N-ethyl adjacent to an activating group) is 1. The van der Waals surface area contributed by atoms with Crippen molar-refractivity contribution < 1.29 is 4.39 Å². The molecule has 4 heteroatoms. The van der Waals surface area contributed by atoms with E-state index in [-0.39, 0.29) is 11.9 Å². The summed E-state index contributed by atoms with van der Waals surface area (Å²) in [6.07, 6.45) is 0.592. The average molecular weight is 231 g/mol. The minimum Gasteiger partial charge on any atom is -0.326 e. The number of hydrogen-bond acceptors (Lipinski definition) is 2. The van der Waals surface area contributed by atoms with Crippen molar-refractivity contribution >= 4 is 11.6 Å². The van der Waals surface area contributed by atoms with E-state index in [1.54, 1.807) is 6.07 Å². The fourth-order valence-corrected chi connectivity index (χ4v) is 1.71.